The van der Waals surface area contributed by atoms with Crippen LogP contribution in [-0.4, -0.2) is 34.1 Å². The summed E-state index contributed by atoms with van der Waals surface area (Å²) in [6.45, 7) is 5.36. The zero-order chi connectivity index (χ0) is 18.1. The highest BCUT2D eigenvalue weighted by molar-refractivity contribution is 5.95. The molecule has 0 spiro atoms. The van der Waals surface area contributed by atoms with Crippen molar-refractivity contribution in [2.75, 3.05) is 11.9 Å². The lowest BCUT2D eigenvalue weighted by Gasteiger charge is -2.12. The molecule has 1 atom stereocenters. The molecule has 3 amide bonds. The van der Waals surface area contributed by atoms with Crippen LogP contribution in [0.25, 0.3) is 0 Å². The molecule has 0 bridgehead atoms. The highest BCUT2D eigenvalue weighted by Crippen LogP contribution is 2.10. The monoisotopic (exact) mass is 343 g/mol. The van der Waals surface area contributed by atoms with E-state index in [1.807, 2.05) is 24.6 Å². The summed E-state index contributed by atoms with van der Waals surface area (Å²) in [6.07, 6.45) is 7.07. The van der Waals surface area contributed by atoms with Crippen molar-refractivity contribution in [2.45, 2.75) is 39.3 Å². The van der Waals surface area contributed by atoms with Gasteiger partial charge in [0.2, 0.25) is 0 Å². The van der Waals surface area contributed by atoms with Gasteiger partial charge in [-0.05, 0) is 44.0 Å². The number of benzene rings is 1. The van der Waals surface area contributed by atoms with Crippen molar-refractivity contribution < 1.29 is 9.59 Å². The number of nitrogens with one attached hydrogen (secondary N) is 3. The van der Waals surface area contributed by atoms with E-state index in [4.69, 9.17) is 0 Å². The number of urea groups is 1. The molecule has 3 N–H and O–H groups in total. The third-order valence-corrected chi connectivity index (χ3v) is 3.83. The van der Waals surface area contributed by atoms with Gasteiger partial charge >= 0.3 is 6.03 Å². The highest BCUT2D eigenvalue weighted by atomic mass is 16.2. The largest absolute Gasteiger partial charge is 0.350 e. The first-order valence-electron chi connectivity index (χ1n) is 8.50. The van der Waals surface area contributed by atoms with Gasteiger partial charge in [-0.3, -0.25) is 4.79 Å². The lowest BCUT2D eigenvalue weighted by molar-refractivity contribution is 0.0939. The first kappa shape index (κ1) is 18.5. The molecule has 0 aliphatic rings. The van der Waals surface area contributed by atoms with E-state index >= 15 is 0 Å². The number of aryl methyl sites for hydroxylation is 1. The quantitative estimate of drug-likeness (QED) is 0.644. The second kappa shape index (κ2) is 9.46. The molecule has 1 aromatic heterocycles. The number of hydrogen-bond acceptors (Lipinski definition) is 3. The summed E-state index contributed by atoms with van der Waals surface area (Å²) in [5.74, 6) is -0.107. The minimum Gasteiger partial charge on any atom is -0.350 e. The van der Waals surface area contributed by atoms with Crippen LogP contribution in [0.15, 0.2) is 43.0 Å². The molecule has 7 heteroatoms. The smallest absolute Gasteiger partial charge is 0.319 e. The number of imidazole rings is 1. The Kier molecular flexibility index (Phi) is 7.00. The molecule has 1 aromatic carbocycles. The number of carbonyl (C=O) groups is 2. The van der Waals surface area contributed by atoms with E-state index in [-0.39, 0.29) is 18.0 Å². The molecule has 25 heavy (non-hydrogen) atoms. The van der Waals surface area contributed by atoms with Gasteiger partial charge in [0, 0.05) is 42.8 Å². The van der Waals surface area contributed by atoms with Crippen LogP contribution in [0.2, 0.25) is 0 Å². The molecule has 134 valence electrons. The summed E-state index contributed by atoms with van der Waals surface area (Å²) >= 11 is 0. The number of rotatable bonds is 8. The minimum atomic E-state index is -0.262. The molecule has 0 aliphatic carbocycles. The molecular weight excluding hydrogens is 318 g/mol. The maximum absolute atomic E-state index is 12.0. The Morgan fingerprint density at radius 1 is 1.24 bits per heavy atom. The van der Waals surface area contributed by atoms with Crippen molar-refractivity contribution in [3.8, 4) is 0 Å². The molecule has 0 saturated heterocycles. The first-order valence-corrected chi connectivity index (χ1v) is 8.50. The summed E-state index contributed by atoms with van der Waals surface area (Å²) in [7, 11) is 0. The zero-order valence-corrected chi connectivity index (χ0v) is 14.7. The van der Waals surface area contributed by atoms with Gasteiger partial charge in [0.25, 0.3) is 5.91 Å². The Morgan fingerprint density at radius 3 is 2.64 bits per heavy atom. The van der Waals surface area contributed by atoms with E-state index in [0.29, 0.717) is 17.8 Å². The summed E-state index contributed by atoms with van der Waals surface area (Å²) in [6, 6.07) is 6.71. The average Bonchev–Trinajstić information content (AvgIpc) is 3.12. The molecule has 0 fully saturated rings. The van der Waals surface area contributed by atoms with Gasteiger partial charge in [-0.2, -0.15) is 0 Å². The van der Waals surface area contributed by atoms with Crippen molar-refractivity contribution in [1.82, 2.24) is 20.2 Å². The Bertz CT molecular complexity index is 667. The van der Waals surface area contributed by atoms with Gasteiger partial charge < -0.3 is 20.5 Å². The van der Waals surface area contributed by atoms with Crippen LogP contribution in [-0.2, 0) is 6.54 Å². The zero-order valence-electron chi connectivity index (χ0n) is 14.7. The van der Waals surface area contributed by atoms with Crippen molar-refractivity contribution in [3.63, 3.8) is 0 Å². The highest BCUT2D eigenvalue weighted by Gasteiger charge is 2.08. The summed E-state index contributed by atoms with van der Waals surface area (Å²) in [5, 5.41) is 8.46. The molecule has 0 saturated carbocycles. The van der Waals surface area contributed by atoms with Crippen LogP contribution in [0, 0.1) is 0 Å². The van der Waals surface area contributed by atoms with Crippen LogP contribution in [0.1, 0.15) is 37.0 Å². The predicted octanol–water partition coefficient (Wildman–Crippen LogP) is 2.62. The van der Waals surface area contributed by atoms with Crippen molar-refractivity contribution in [1.29, 1.82) is 0 Å². The fraction of sp³-hybridized carbons (Fsp3) is 0.389. The third kappa shape index (κ3) is 6.29. The Balaban J connectivity index is 1.72. The molecule has 2 rings (SSSR count). The van der Waals surface area contributed by atoms with Crippen LogP contribution in [0.4, 0.5) is 10.5 Å². The lowest BCUT2D eigenvalue weighted by atomic mass is 10.1. The second-order valence-corrected chi connectivity index (χ2v) is 5.90. The normalized spacial score (nSPS) is 11.6. The summed E-state index contributed by atoms with van der Waals surface area (Å²) in [4.78, 5) is 27.8. The fourth-order valence-corrected chi connectivity index (χ4v) is 2.17. The van der Waals surface area contributed by atoms with E-state index < -0.39 is 0 Å². The van der Waals surface area contributed by atoms with E-state index in [2.05, 4.69) is 20.9 Å². The maximum Gasteiger partial charge on any atom is 0.319 e. The Hall–Kier alpha value is -2.83. The second-order valence-electron chi connectivity index (χ2n) is 5.90. The van der Waals surface area contributed by atoms with Gasteiger partial charge in [-0.1, -0.05) is 6.92 Å². The van der Waals surface area contributed by atoms with Crippen LogP contribution in [0.5, 0.6) is 0 Å². The average molecular weight is 343 g/mol. The molecular formula is C18H25N5O2. The third-order valence-electron chi connectivity index (χ3n) is 3.83. The lowest BCUT2D eigenvalue weighted by Crippen LogP contribution is -2.32. The molecule has 2 aromatic rings. The molecule has 0 aliphatic heterocycles. The SMILES string of the molecule is CC[C@H](C)NC(=O)c1ccc(NC(=O)NCCCn2ccnc2)cc1. The van der Waals surface area contributed by atoms with Gasteiger partial charge in [0.1, 0.15) is 0 Å². The molecule has 0 radical (unpaired) electrons. The standard InChI is InChI=1S/C18H25N5O2/c1-3-14(2)21-17(24)15-5-7-16(8-6-15)22-18(25)20-9-4-11-23-12-10-19-13-23/h5-8,10,12-14H,3-4,9,11H2,1-2H3,(H,21,24)(H2,20,22,25)/t14-/m0/s1. The van der Waals surface area contributed by atoms with E-state index in [1.165, 1.54) is 0 Å². The van der Waals surface area contributed by atoms with Gasteiger partial charge in [0.05, 0.1) is 6.33 Å². The van der Waals surface area contributed by atoms with Crippen molar-refractivity contribution >= 4 is 17.6 Å². The Labute approximate surface area is 147 Å². The van der Waals surface area contributed by atoms with E-state index in [9.17, 15) is 9.59 Å². The topological polar surface area (TPSA) is 88.0 Å². The number of amides is 3. The minimum absolute atomic E-state index is 0.107. The van der Waals surface area contributed by atoms with Crippen LogP contribution < -0.4 is 16.0 Å². The molecule has 7 nitrogen and oxygen atoms in total. The van der Waals surface area contributed by atoms with Crippen LogP contribution >= 0.6 is 0 Å². The number of aromatic nitrogens is 2. The van der Waals surface area contributed by atoms with Gasteiger partial charge in [-0.15, -0.1) is 0 Å². The Morgan fingerprint density at radius 2 is 2.00 bits per heavy atom. The van der Waals surface area contributed by atoms with E-state index in [0.717, 1.165) is 19.4 Å². The first-order chi connectivity index (χ1) is 12.1. The fourth-order valence-electron chi connectivity index (χ4n) is 2.17. The summed E-state index contributed by atoms with van der Waals surface area (Å²) in [5.41, 5.74) is 1.22. The predicted molar refractivity (Wildman–Crippen MR) is 97.5 cm³/mol. The number of nitrogens with zero attached hydrogens (tertiary/aromatic N) is 2. The molecule has 0 unspecified atom stereocenters. The van der Waals surface area contributed by atoms with Gasteiger partial charge in [0.15, 0.2) is 0 Å². The number of hydrogen-bond donors (Lipinski definition) is 3. The summed E-state index contributed by atoms with van der Waals surface area (Å²) < 4.78 is 1.96. The number of carbonyl (C=O) groups excluding carboxylic acids is 2. The van der Waals surface area contributed by atoms with Crippen LogP contribution in [0.3, 0.4) is 0 Å². The van der Waals surface area contributed by atoms with Gasteiger partial charge in [-0.25, -0.2) is 9.78 Å². The molecule has 1 heterocycles. The maximum atomic E-state index is 12.0. The van der Waals surface area contributed by atoms with Crippen molar-refractivity contribution in [2.24, 2.45) is 0 Å². The van der Waals surface area contributed by atoms with E-state index in [1.54, 1.807) is 36.8 Å². The number of anilines is 1. The van der Waals surface area contributed by atoms with Crippen molar-refractivity contribution in [3.05, 3.63) is 48.5 Å².